The molecule has 1 aromatic heterocycles. The number of nitrogens with zero attached hydrogens (tertiary/aromatic N) is 2. The molecule has 0 unspecified atom stereocenters. The highest BCUT2D eigenvalue weighted by molar-refractivity contribution is 7.11. The van der Waals surface area contributed by atoms with Gasteiger partial charge in [0.15, 0.2) is 0 Å². The number of benzene rings is 1. The van der Waals surface area contributed by atoms with Gasteiger partial charge in [0.05, 0.1) is 17.9 Å². The number of hydrogen-bond acceptors (Lipinski definition) is 4. The molecule has 1 saturated heterocycles. The first kappa shape index (κ1) is 14.8. The van der Waals surface area contributed by atoms with Gasteiger partial charge in [0.1, 0.15) is 5.01 Å². The third-order valence-corrected chi connectivity index (χ3v) is 4.95. The molecule has 0 saturated carbocycles. The molecule has 1 aliphatic rings. The van der Waals surface area contributed by atoms with Crippen LogP contribution in [-0.4, -0.2) is 24.1 Å². The monoisotopic (exact) mass is 316 g/mol. The van der Waals surface area contributed by atoms with Crippen molar-refractivity contribution < 1.29 is 4.79 Å². The molecule has 0 atom stereocenters. The molecule has 2 heterocycles. The number of aryl methyl sites for hydroxylation is 3. The fourth-order valence-corrected chi connectivity index (χ4v) is 3.38. The molecule has 2 aromatic rings. The third-order valence-electron chi connectivity index (χ3n) is 3.87. The van der Waals surface area contributed by atoms with Gasteiger partial charge in [0, 0.05) is 23.7 Å². The standard InChI is InChI=1S/C16H20N4OS/c1-10-4-5-13(8-14(10)20-7-6-17-16(20)21)18-9-15-19-11(2)12(3)22-15/h4-5,8,18H,6-7,9H2,1-3H3,(H,17,21). The van der Waals surface area contributed by atoms with Crippen LogP contribution >= 0.6 is 11.3 Å². The van der Waals surface area contributed by atoms with Gasteiger partial charge in [-0.15, -0.1) is 11.3 Å². The summed E-state index contributed by atoms with van der Waals surface area (Å²) in [4.78, 5) is 19.4. The maximum absolute atomic E-state index is 11.8. The summed E-state index contributed by atoms with van der Waals surface area (Å²) in [5.74, 6) is 0. The van der Waals surface area contributed by atoms with Crippen LogP contribution in [-0.2, 0) is 6.54 Å². The number of aromatic nitrogens is 1. The van der Waals surface area contributed by atoms with E-state index in [0.29, 0.717) is 19.6 Å². The Morgan fingerprint density at radius 2 is 2.18 bits per heavy atom. The molecule has 2 amide bonds. The van der Waals surface area contributed by atoms with E-state index in [-0.39, 0.29) is 6.03 Å². The van der Waals surface area contributed by atoms with E-state index < -0.39 is 0 Å². The van der Waals surface area contributed by atoms with Gasteiger partial charge in [0.2, 0.25) is 0 Å². The van der Waals surface area contributed by atoms with Crippen LogP contribution in [0.4, 0.5) is 16.2 Å². The van der Waals surface area contributed by atoms with Crippen LogP contribution in [0.3, 0.4) is 0 Å². The zero-order chi connectivity index (χ0) is 15.7. The molecule has 2 N–H and O–H groups in total. The SMILES string of the molecule is Cc1ccc(NCc2nc(C)c(C)s2)cc1N1CCNC1=O. The Labute approximate surface area is 134 Å². The molecule has 22 heavy (non-hydrogen) atoms. The number of hydrogen-bond donors (Lipinski definition) is 2. The summed E-state index contributed by atoms with van der Waals surface area (Å²) >= 11 is 1.72. The number of rotatable bonds is 4. The number of urea groups is 1. The smallest absolute Gasteiger partial charge is 0.322 e. The topological polar surface area (TPSA) is 57.3 Å². The van der Waals surface area contributed by atoms with Gasteiger partial charge in [-0.2, -0.15) is 0 Å². The molecule has 0 aliphatic carbocycles. The molecule has 1 fully saturated rings. The van der Waals surface area contributed by atoms with Crippen LogP contribution in [0.15, 0.2) is 18.2 Å². The Morgan fingerprint density at radius 3 is 2.82 bits per heavy atom. The third kappa shape index (κ3) is 2.92. The average molecular weight is 316 g/mol. The van der Waals surface area contributed by atoms with Gasteiger partial charge in [-0.1, -0.05) is 6.07 Å². The van der Waals surface area contributed by atoms with Crippen molar-refractivity contribution in [2.24, 2.45) is 0 Å². The van der Waals surface area contributed by atoms with Crippen molar-refractivity contribution in [3.8, 4) is 0 Å². The minimum Gasteiger partial charge on any atom is -0.378 e. The minimum atomic E-state index is -0.0218. The normalized spacial score (nSPS) is 14.3. The molecule has 0 spiro atoms. The Hall–Kier alpha value is -2.08. The lowest BCUT2D eigenvalue weighted by Crippen LogP contribution is -2.28. The van der Waals surface area contributed by atoms with Crippen LogP contribution in [0.5, 0.6) is 0 Å². The van der Waals surface area contributed by atoms with Crippen LogP contribution in [0.2, 0.25) is 0 Å². The molecular formula is C16H20N4OS. The second kappa shape index (κ2) is 5.96. The van der Waals surface area contributed by atoms with Crippen molar-refractivity contribution in [1.82, 2.24) is 10.3 Å². The highest BCUT2D eigenvalue weighted by atomic mass is 32.1. The second-order valence-corrected chi connectivity index (χ2v) is 6.78. The van der Waals surface area contributed by atoms with Gasteiger partial charge in [-0.3, -0.25) is 4.90 Å². The predicted octanol–water partition coefficient (Wildman–Crippen LogP) is 3.21. The first-order valence-corrected chi connectivity index (χ1v) is 8.19. The zero-order valence-corrected chi connectivity index (χ0v) is 13.9. The summed E-state index contributed by atoms with van der Waals surface area (Å²) in [6.45, 7) is 8.27. The van der Waals surface area contributed by atoms with E-state index in [1.165, 1.54) is 4.88 Å². The largest absolute Gasteiger partial charge is 0.378 e. The van der Waals surface area contributed by atoms with Gasteiger partial charge < -0.3 is 10.6 Å². The second-order valence-electron chi connectivity index (χ2n) is 5.49. The summed E-state index contributed by atoms with van der Waals surface area (Å²) in [5, 5.41) is 7.32. The highest BCUT2D eigenvalue weighted by Crippen LogP contribution is 2.26. The molecule has 1 aliphatic heterocycles. The maximum atomic E-state index is 11.8. The zero-order valence-electron chi connectivity index (χ0n) is 13.1. The molecule has 5 nitrogen and oxygen atoms in total. The van der Waals surface area contributed by atoms with E-state index >= 15 is 0 Å². The lowest BCUT2D eigenvalue weighted by Gasteiger charge is -2.18. The number of carbonyl (C=O) groups excluding carboxylic acids is 1. The van der Waals surface area contributed by atoms with Crippen molar-refractivity contribution in [3.05, 3.63) is 39.3 Å². The number of carbonyl (C=O) groups is 1. The lowest BCUT2D eigenvalue weighted by molar-refractivity contribution is 0.252. The summed E-state index contributed by atoms with van der Waals surface area (Å²) in [6, 6.07) is 6.10. The van der Waals surface area contributed by atoms with Crippen LogP contribution in [0, 0.1) is 20.8 Å². The number of anilines is 2. The fraction of sp³-hybridized carbons (Fsp3) is 0.375. The van der Waals surface area contributed by atoms with E-state index in [4.69, 9.17) is 0 Å². The van der Waals surface area contributed by atoms with Gasteiger partial charge >= 0.3 is 6.03 Å². The lowest BCUT2D eigenvalue weighted by atomic mass is 10.1. The van der Waals surface area contributed by atoms with Crippen molar-refractivity contribution in [3.63, 3.8) is 0 Å². The Bertz CT molecular complexity index is 691. The molecule has 116 valence electrons. The van der Waals surface area contributed by atoms with E-state index in [1.807, 2.05) is 32.0 Å². The Kier molecular flexibility index (Phi) is 4.02. The fourth-order valence-electron chi connectivity index (χ4n) is 2.50. The van der Waals surface area contributed by atoms with Crippen molar-refractivity contribution in [2.45, 2.75) is 27.3 Å². The number of thiazole rings is 1. The molecule has 1 aromatic carbocycles. The summed E-state index contributed by atoms with van der Waals surface area (Å²) < 4.78 is 0. The molecule has 0 radical (unpaired) electrons. The molecular weight excluding hydrogens is 296 g/mol. The van der Waals surface area contributed by atoms with Crippen molar-refractivity contribution in [1.29, 1.82) is 0 Å². The highest BCUT2D eigenvalue weighted by Gasteiger charge is 2.22. The predicted molar refractivity (Wildman–Crippen MR) is 90.8 cm³/mol. The van der Waals surface area contributed by atoms with E-state index in [0.717, 1.165) is 27.6 Å². The number of nitrogens with one attached hydrogen (secondary N) is 2. The van der Waals surface area contributed by atoms with E-state index in [2.05, 4.69) is 22.5 Å². The van der Waals surface area contributed by atoms with Crippen molar-refractivity contribution >= 4 is 28.7 Å². The quantitative estimate of drug-likeness (QED) is 0.910. The summed E-state index contributed by atoms with van der Waals surface area (Å²) in [5.41, 5.74) is 4.17. The number of amides is 2. The minimum absolute atomic E-state index is 0.0218. The Balaban J connectivity index is 1.75. The van der Waals surface area contributed by atoms with Gasteiger partial charge in [-0.05, 0) is 38.5 Å². The first-order valence-electron chi connectivity index (χ1n) is 7.37. The van der Waals surface area contributed by atoms with Crippen LogP contribution < -0.4 is 15.5 Å². The first-order chi connectivity index (χ1) is 10.5. The summed E-state index contributed by atoms with van der Waals surface area (Å²) in [6.07, 6.45) is 0. The summed E-state index contributed by atoms with van der Waals surface area (Å²) in [7, 11) is 0. The maximum Gasteiger partial charge on any atom is 0.322 e. The van der Waals surface area contributed by atoms with Gasteiger partial charge in [0.25, 0.3) is 0 Å². The Morgan fingerprint density at radius 1 is 1.36 bits per heavy atom. The molecule has 6 heteroatoms. The average Bonchev–Trinajstić information content (AvgIpc) is 3.04. The van der Waals surface area contributed by atoms with Gasteiger partial charge in [-0.25, -0.2) is 9.78 Å². The van der Waals surface area contributed by atoms with E-state index in [1.54, 1.807) is 16.2 Å². The molecule has 0 bridgehead atoms. The van der Waals surface area contributed by atoms with Crippen LogP contribution in [0.1, 0.15) is 21.1 Å². The molecule has 3 rings (SSSR count). The van der Waals surface area contributed by atoms with Crippen molar-refractivity contribution in [2.75, 3.05) is 23.3 Å². The van der Waals surface area contributed by atoms with E-state index in [9.17, 15) is 4.79 Å². The van der Waals surface area contributed by atoms with Crippen LogP contribution in [0.25, 0.3) is 0 Å².